The standard InChI is InChI=1S/C13H18FNO2/c1-10(11-2-4-12(14)5-3-11)15-8-13(16)6-7-17-9-13/h2-5,10,15-16H,6-9H2,1H3. The van der Waals surface area contributed by atoms with Crippen molar-refractivity contribution in [3.63, 3.8) is 0 Å². The Kier molecular flexibility index (Phi) is 3.76. The van der Waals surface area contributed by atoms with E-state index in [1.807, 2.05) is 6.92 Å². The number of ether oxygens (including phenoxy) is 1. The first kappa shape index (κ1) is 12.5. The Bertz CT molecular complexity index is 360. The van der Waals surface area contributed by atoms with Gasteiger partial charge in [-0.2, -0.15) is 0 Å². The maximum atomic E-state index is 12.8. The third-order valence-electron chi connectivity index (χ3n) is 3.19. The lowest BCUT2D eigenvalue weighted by molar-refractivity contribution is 0.0252. The Labute approximate surface area is 101 Å². The van der Waals surface area contributed by atoms with Crippen molar-refractivity contribution in [2.45, 2.75) is 25.0 Å². The van der Waals surface area contributed by atoms with Crippen molar-refractivity contribution in [1.82, 2.24) is 5.32 Å². The van der Waals surface area contributed by atoms with Gasteiger partial charge < -0.3 is 15.2 Å². The number of nitrogens with one attached hydrogen (secondary N) is 1. The van der Waals surface area contributed by atoms with Gasteiger partial charge in [0, 0.05) is 25.6 Å². The van der Waals surface area contributed by atoms with E-state index < -0.39 is 5.60 Å². The van der Waals surface area contributed by atoms with E-state index in [0.717, 1.165) is 5.56 Å². The summed E-state index contributed by atoms with van der Waals surface area (Å²) in [7, 11) is 0. The second-order valence-corrected chi connectivity index (χ2v) is 4.68. The smallest absolute Gasteiger partial charge is 0.123 e. The van der Waals surface area contributed by atoms with Crippen LogP contribution in [-0.2, 0) is 4.74 Å². The predicted molar refractivity (Wildman–Crippen MR) is 63.2 cm³/mol. The summed E-state index contributed by atoms with van der Waals surface area (Å²) in [5, 5.41) is 13.3. The molecule has 1 aromatic carbocycles. The van der Waals surface area contributed by atoms with E-state index in [1.165, 1.54) is 12.1 Å². The molecule has 2 atom stereocenters. The molecule has 2 unspecified atom stereocenters. The molecule has 0 saturated carbocycles. The third kappa shape index (κ3) is 3.25. The summed E-state index contributed by atoms with van der Waals surface area (Å²) >= 11 is 0. The highest BCUT2D eigenvalue weighted by Gasteiger charge is 2.32. The Morgan fingerprint density at radius 3 is 2.76 bits per heavy atom. The van der Waals surface area contributed by atoms with E-state index in [0.29, 0.717) is 26.2 Å². The first-order valence-corrected chi connectivity index (χ1v) is 5.88. The molecule has 1 saturated heterocycles. The third-order valence-corrected chi connectivity index (χ3v) is 3.19. The fourth-order valence-corrected chi connectivity index (χ4v) is 1.95. The quantitative estimate of drug-likeness (QED) is 0.839. The minimum atomic E-state index is -0.756. The normalized spacial score (nSPS) is 26.1. The lowest BCUT2D eigenvalue weighted by Gasteiger charge is -2.24. The zero-order valence-electron chi connectivity index (χ0n) is 9.95. The Morgan fingerprint density at radius 2 is 2.18 bits per heavy atom. The minimum absolute atomic E-state index is 0.0835. The van der Waals surface area contributed by atoms with Gasteiger partial charge in [0.05, 0.1) is 6.61 Å². The molecule has 1 aromatic rings. The highest BCUT2D eigenvalue weighted by molar-refractivity contribution is 5.19. The van der Waals surface area contributed by atoms with Crippen molar-refractivity contribution >= 4 is 0 Å². The summed E-state index contributed by atoms with van der Waals surface area (Å²) in [6, 6.07) is 6.48. The van der Waals surface area contributed by atoms with Crippen LogP contribution in [0.4, 0.5) is 4.39 Å². The molecule has 1 aliphatic rings. The van der Waals surface area contributed by atoms with Gasteiger partial charge >= 0.3 is 0 Å². The molecule has 1 heterocycles. The molecule has 0 aliphatic carbocycles. The number of benzene rings is 1. The molecule has 0 spiro atoms. The molecule has 0 aromatic heterocycles. The van der Waals surface area contributed by atoms with Crippen molar-refractivity contribution < 1.29 is 14.2 Å². The highest BCUT2D eigenvalue weighted by Crippen LogP contribution is 2.19. The van der Waals surface area contributed by atoms with Crippen LogP contribution in [0.3, 0.4) is 0 Å². The van der Waals surface area contributed by atoms with E-state index in [-0.39, 0.29) is 11.9 Å². The fourth-order valence-electron chi connectivity index (χ4n) is 1.95. The highest BCUT2D eigenvalue weighted by atomic mass is 19.1. The summed E-state index contributed by atoms with van der Waals surface area (Å²) in [6.07, 6.45) is 0.663. The lowest BCUT2D eigenvalue weighted by Crippen LogP contribution is -2.41. The van der Waals surface area contributed by atoms with Crippen molar-refractivity contribution in [3.05, 3.63) is 35.6 Å². The van der Waals surface area contributed by atoms with Gasteiger partial charge in [-0.3, -0.25) is 0 Å². The van der Waals surface area contributed by atoms with Gasteiger partial charge in [-0.1, -0.05) is 12.1 Å². The fraction of sp³-hybridized carbons (Fsp3) is 0.538. The van der Waals surface area contributed by atoms with Crippen molar-refractivity contribution in [2.24, 2.45) is 0 Å². The summed E-state index contributed by atoms with van der Waals surface area (Å²) in [6.45, 7) is 3.48. The molecule has 94 valence electrons. The molecule has 4 heteroatoms. The van der Waals surface area contributed by atoms with Crippen molar-refractivity contribution in [2.75, 3.05) is 19.8 Å². The van der Waals surface area contributed by atoms with Gasteiger partial charge in [0.2, 0.25) is 0 Å². The number of hydrogen-bond acceptors (Lipinski definition) is 3. The molecule has 2 N–H and O–H groups in total. The van der Waals surface area contributed by atoms with Gasteiger partial charge in [0.1, 0.15) is 11.4 Å². The first-order valence-electron chi connectivity index (χ1n) is 5.88. The summed E-state index contributed by atoms with van der Waals surface area (Å²) < 4.78 is 17.9. The van der Waals surface area contributed by atoms with Crippen LogP contribution in [0.25, 0.3) is 0 Å². The Hall–Kier alpha value is -0.970. The van der Waals surface area contributed by atoms with Crippen molar-refractivity contribution in [3.8, 4) is 0 Å². The summed E-state index contributed by atoms with van der Waals surface area (Å²) in [5.41, 5.74) is 0.253. The largest absolute Gasteiger partial charge is 0.386 e. The SMILES string of the molecule is CC(NCC1(O)CCOC1)c1ccc(F)cc1. The zero-order valence-corrected chi connectivity index (χ0v) is 9.95. The van der Waals surface area contributed by atoms with E-state index in [9.17, 15) is 9.50 Å². The van der Waals surface area contributed by atoms with Crippen LogP contribution in [-0.4, -0.2) is 30.5 Å². The van der Waals surface area contributed by atoms with Crippen molar-refractivity contribution in [1.29, 1.82) is 0 Å². The molecule has 0 amide bonds. The van der Waals surface area contributed by atoms with Crippen LogP contribution in [0.15, 0.2) is 24.3 Å². The number of aliphatic hydroxyl groups is 1. The van der Waals surface area contributed by atoms with Gasteiger partial charge in [-0.15, -0.1) is 0 Å². The molecule has 2 rings (SSSR count). The molecular weight excluding hydrogens is 221 g/mol. The number of rotatable bonds is 4. The molecular formula is C13H18FNO2. The Morgan fingerprint density at radius 1 is 1.47 bits per heavy atom. The minimum Gasteiger partial charge on any atom is -0.386 e. The summed E-state index contributed by atoms with van der Waals surface area (Å²) in [4.78, 5) is 0. The second-order valence-electron chi connectivity index (χ2n) is 4.68. The molecule has 3 nitrogen and oxygen atoms in total. The average molecular weight is 239 g/mol. The maximum Gasteiger partial charge on any atom is 0.123 e. The monoisotopic (exact) mass is 239 g/mol. The van der Waals surface area contributed by atoms with Gasteiger partial charge in [-0.05, 0) is 24.6 Å². The van der Waals surface area contributed by atoms with Crippen LogP contribution < -0.4 is 5.32 Å². The van der Waals surface area contributed by atoms with E-state index in [2.05, 4.69) is 5.32 Å². The van der Waals surface area contributed by atoms with Crippen LogP contribution >= 0.6 is 0 Å². The molecule has 17 heavy (non-hydrogen) atoms. The van der Waals surface area contributed by atoms with E-state index in [4.69, 9.17) is 4.74 Å². The topological polar surface area (TPSA) is 41.5 Å². The molecule has 1 aliphatic heterocycles. The lowest BCUT2D eigenvalue weighted by atomic mass is 10.0. The van der Waals surface area contributed by atoms with Crippen LogP contribution in [0.5, 0.6) is 0 Å². The molecule has 1 fully saturated rings. The van der Waals surface area contributed by atoms with Crippen LogP contribution in [0, 0.1) is 5.82 Å². The summed E-state index contributed by atoms with van der Waals surface area (Å²) in [5.74, 6) is -0.233. The maximum absolute atomic E-state index is 12.8. The van der Waals surface area contributed by atoms with Gasteiger partial charge in [0.25, 0.3) is 0 Å². The van der Waals surface area contributed by atoms with E-state index >= 15 is 0 Å². The predicted octanol–water partition coefficient (Wildman–Crippen LogP) is 1.63. The Balaban J connectivity index is 1.88. The van der Waals surface area contributed by atoms with Crippen LogP contribution in [0.1, 0.15) is 24.9 Å². The van der Waals surface area contributed by atoms with Crippen LogP contribution in [0.2, 0.25) is 0 Å². The zero-order chi connectivity index (χ0) is 12.3. The number of hydrogen-bond donors (Lipinski definition) is 2. The van der Waals surface area contributed by atoms with Gasteiger partial charge in [-0.25, -0.2) is 4.39 Å². The number of halogens is 1. The molecule has 0 bridgehead atoms. The van der Waals surface area contributed by atoms with Gasteiger partial charge in [0.15, 0.2) is 0 Å². The van der Waals surface area contributed by atoms with E-state index in [1.54, 1.807) is 12.1 Å². The second kappa shape index (κ2) is 5.12. The molecule has 0 radical (unpaired) electrons. The first-order chi connectivity index (χ1) is 8.09. The average Bonchev–Trinajstić information content (AvgIpc) is 2.75.